The number of amides is 1. The molecule has 1 N–H and O–H groups in total. The number of benzene rings is 1. The second-order valence-corrected chi connectivity index (χ2v) is 7.29. The van der Waals surface area contributed by atoms with Gasteiger partial charge >= 0.3 is 0 Å². The fourth-order valence-electron chi connectivity index (χ4n) is 3.53. The third-order valence-electron chi connectivity index (χ3n) is 4.96. The zero-order valence-corrected chi connectivity index (χ0v) is 16.7. The van der Waals surface area contributed by atoms with Gasteiger partial charge in [-0.3, -0.25) is 4.79 Å². The molecule has 0 atom stereocenters. The lowest BCUT2D eigenvalue weighted by Gasteiger charge is -2.30. The molecular weight excluding hydrogens is 358 g/mol. The second kappa shape index (κ2) is 9.57. The highest BCUT2D eigenvalue weighted by Crippen LogP contribution is 2.34. The molecule has 1 heterocycles. The molecule has 1 saturated carbocycles. The standard InChI is InChI=1S/C21H29N3O4/c1-3-14-26-17-8-10-18(11-9-17)27-15-19(25)23-21(12-6-4-5-7-13-21)20-22-16(2)28-24-20/h8-11H,3-7,12-15H2,1-2H3,(H,23,25). The van der Waals surface area contributed by atoms with E-state index >= 15 is 0 Å². The summed E-state index contributed by atoms with van der Waals surface area (Å²) in [6, 6.07) is 7.31. The van der Waals surface area contributed by atoms with E-state index in [1.807, 2.05) is 24.3 Å². The number of ether oxygens (including phenoxy) is 2. The van der Waals surface area contributed by atoms with Gasteiger partial charge in [0.05, 0.1) is 6.61 Å². The predicted octanol–water partition coefficient (Wildman–Crippen LogP) is 3.91. The summed E-state index contributed by atoms with van der Waals surface area (Å²) >= 11 is 0. The molecule has 1 amide bonds. The van der Waals surface area contributed by atoms with Crippen molar-refractivity contribution in [2.45, 2.75) is 64.3 Å². The van der Waals surface area contributed by atoms with Crippen molar-refractivity contribution in [3.63, 3.8) is 0 Å². The molecule has 1 fully saturated rings. The third kappa shape index (κ3) is 5.24. The summed E-state index contributed by atoms with van der Waals surface area (Å²) in [5.41, 5.74) is -0.577. The van der Waals surface area contributed by atoms with Crippen LogP contribution in [0.25, 0.3) is 0 Å². The van der Waals surface area contributed by atoms with E-state index < -0.39 is 5.54 Å². The smallest absolute Gasteiger partial charge is 0.258 e. The minimum absolute atomic E-state index is 0.0618. The van der Waals surface area contributed by atoms with Gasteiger partial charge in [-0.25, -0.2) is 0 Å². The van der Waals surface area contributed by atoms with Gasteiger partial charge < -0.3 is 19.3 Å². The topological polar surface area (TPSA) is 86.5 Å². The van der Waals surface area contributed by atoms with E-state index in [1.165, 1.54) is 0 Å². The first kappa shape index (κ1) is 20.2. The molecule has 1 aliphatic rings. The van der Waals surface area contributed by atoms with Crippen LogP contribution in [0.2, 0.25) is 0 Å². The molecule has 7 nitrogen and oxygen atoms in total. The van der Waals surface area contributed by atoms with Crippen molar-refractivity contribution in [3.05, 3.63) is 36.0 Å². The van der Waals surface area contributed by atoms with E-state index in [2.05, 4.69) is 22.4 Å². The summed E-state index contributed by atoms with van der Waals surface area (Å²) in [5, 5.41) is 7.24. The van der Waals surface area contributed by atoms with Gasteiger partial charge in [0.2, 0.25) is 5.89 Å². The Morgan fingerprint density at radius 2 is 1.75 bits per heavy atom. The molecule has 0 spiro atoms. The molecule has 2 aromatic rings. The highest BCUT2D eigenvalue weighted by molar-refractivity contribution is 5.78. The van der Waals surface area contributed by atoms with Gasteiger partial charge in [-0.1, -0.05) is 37.8 Å². The minimum Gasteiger partial charge on any atom is -0.494 e. The zero-order chi connectivity index (χ0) is 19.8. The van der Waals surface area contributed by atoms with Crippen molar-refractivity contribution < 1.29 is 18.8 Å². The fourth-order valence-corrected chi connectivity index (χ4v) is 3.53. The van der Waals surface area contributed by atoms with Crippen molar-refractivity contribution in [3.8, 4) is 11.5 Å². The van der Waals surface area contributed by atoms with Crippen LogP contribution < -0.4 is 14.8 Å². The van der Waals surface area contributed by atoms with Gasteiger partial charge in [0, 0.05) is 6.92 Å². The van der Waals surface area contributed by atoms with E-state index in [4.69, 9.17) is 14.0 Å². The van der Waals surface area contributed by atoms with Crippen LogP contribution in [0.3, 0.4) is 0 Å². The number of hydrogen-bond acceptors (Lipinski definition) is 6. The average molecular weight is 387 g/mol. The normalized spacial score (nSPS) is 16.2. The first-order valence-corrected chi connectivity index (χ1v) is 10.1. The molecule has 0 bridgehead atoms. The molecule has 0 unspecified atom stereocenters. The van der Waals surface area contributed by atoms with Crippen LogP contribution in [-0.4, -0.2) is 29.3 Å². The van der Waals surface area contributed by atoms with Gasteiger partial charge in [0.15, 0.2) is 12.4 Å². The third-order valence-corrected chi connectivity index (χ3v) is 4.96. The molecule has 7 heteroatoms. The molecular formula is C21H29N3O4. The van der Waals surface area contributed by atoms with Crippen LogP contribution in [0.1, 0.15) is 63.6 Å². The molecule has 1 aliphatic carbocycles. The Hall–Kier alpha value is -2.57. The fraction of sp³-hybridized carbons (Fsp3) is 0.571. The summed E-state index contributed by atoms with van der Waals surface area (Å²) in [7, 11) is 0. The maximum atomic E-state index is 12.6. The molecule has 1 aromatic heterocycles. The Bertz CT molecular complexity index is 749. The lowest BCUT2D eigenvalue weighted by Crippen LogP contribution is -2.48. The molecule has 152 valence electrons. The van der Waals surface area contributed by atoms with Crippen LogP contribution in [0.4, 0.5) is 0 Å². The Labute approximate surface area is 165 Å². The van der Waals surface area contributed by atoms with Crippen molar-refractivity contribution >= 4 is 5.91 Å². The molecule has 0 radical (unpaired) electrons. The lowest BCUT2D eigenvalue weighted by molar-refractivity contribution is -0.125. The first-order valence-electron chi connectivity index (χ1n) is 10.1. The van der Waals surface area contributed by atoms with Gasteiger partial charge in [-0.05, 0) is 43.5 Å². The van der Waals surface area contributed by atoms with Crippen molar-refractivity contribution in [1.82, 2.24) is 15.5 Å². The Morgan fingerprint density at radius 1 is 1.11 bits per heavy atom. The van der Waals surface area contributed by atoms with Crippen LogP contribution in [-0.2, 0) is 10.3 Å². The monoisotopic (exact) mass is 387 g/mol. The lowest BCUT2D eigenvalue weighted by atomic mass is 9.89. The molecule has 28 heavy (non-hydrogen) atoms. The molecule has 0 saturated heterocycles. The summed E-state index contributed by atoms with van der Waals surface area (Å²) in [6.07, 6.45) is 6.92. The van der Waals surface area contributed by atoms with Gasteiger partial charge in [0.25, 0.3) is 5.91 Å². The highest BCUT2D eigenvalue weighted by atomic mass is 16.5. The van der Waals surface area contributed by atoms with E-state index in [9.17, 15) is 4.79 Å². The van der Waals surface area contributed by atoms with Crippen LogP contribution in [0, 0.1) is 6.92 Å². The van der Waals surface area contributed by atoms with E-state index in [-0.39, 0.29) is 12.5 Å². The van der Waals surface area contributed by atoms with E-state index in [0.717, 1.165) is 50.7 Å². The Morgan fingerprint density at radius 3 is 2.32 bits per heavy atom. The summed E-state index contributed by atoms with van der Waals surface area (Å²) in [6.45, 7) is 4.45. The van der Waals surface area contributed by atoms with Crippen LogP contribution in [0.15, 0.2) is 28.8 Å². The number of carbonyl (C=O) groups excluding carboxylic acids is 1. The highest BCUT2D eigenvalue weighted by Gasteiger charge is 2.38. The predicted molar refractivity (Wildman–Crippen MR) is 104 cm³/mol. The number of rotatable bonds is 8. The number of aryl methyl sites for hydroxylation is 1. The maximum Gasteiger partial charge on any atom is 0.258 e. The first-order chi connectivity index (χ1) is 13.6. The second-order valence-electron chi connectivity index (χ2n) is 7.29. The van der Waals surface area contributed by atoms with E-state index in [1.54, 1.807) is 6.92 Å². The van der Waals surface area contributed by atoms with Gasteiger partial charge in [-0.2, -0.15) is 4.98 Å². The van der Waals surface area contributed by atoms with Gasteiger partial charge in [0.1, 0.15) is 17.0 Å². The number of hydrogen-bond donors (Lipinski definition) is 1. The SMILES string of the molecule is CCCOc1ccc(OCC(=O)NC2(c3noc(C)n3)CCCCCC2)cc1. The molecule has 0 aliphatic heterocycles. The van der Waals surface area contributed by atoms with Crippen molar-refractivity contribution in [2.24, 2.45) is 0 Å². The average Bonchev–Trinajstić information content (AvgIpc) is 3.01. The summed E-state index contributed by atoms with van der Waals surface area (Å²) < 4.78 is 16.4. The van der Waals surface area contributed by atoms with Crippen molar-refractivity contribution in [1.29, 1.82) is 0 Å². The number of aromatic nitrogens is 2. The van der Waals surface area contributed by atoms with Gasteiger partial charge in [-0.15, -0.1) is 0 Å². The zero-order valence-electron chi connectivity index (χ0n) is 16.7. The summed E-state index contributed by atoms with van der Waals surface area (Å²) in [4.78, 5) is 17.0. The largest absolute Gasteiger partial charge is 0.494 e. The van der Waals surface area contributed by atoms with Crippen LogP contribution in [0.5, 0.6) is 11.5 Å². The van der Waals surface area contributed by atoms with Crippen LogP contribution >= 0.6 is 0 Å². The van der Waals surface area contributed by atoms with Crippen molar-refractivity contribution in [2.75, 3.05) is 13.2 Å². The molecule has 3 rings (SSSR count). The maximum absolute atomic E-state index is 12.6. The number of carbonyl (C=O) groups is 1. The minimum atomic E-state index is -0.577. The quantitative estimate of drug-likeness (QED) is 0.691. The Kier molecular flexibility index (Phi) is 6.90. The number of nitrogens with zero attached hydrogens (tertiary/aromatic N) is 2. The summed E-state index contributed by atoms with van der Waals surface area (Å²) in [5.74, 6) is 2.32. The number of nitrogens with one attached hydrogen (secondary N) is 1. The molecule has 1 aromatic carbocycles. The Balaban J connectivity index is 1.61. The van der Waals surface area contributed by atoms with E-state index in [0.29, 0.717) is 24.1 Å².